The first-order valence-corrected chi connectivity index (χ1v) is 6.56. The molecule has 0 spiro atoms. The van der Waals surface area contributed by atoms with Gasteiger partial charge in [-0.3, -0.25) is 0 Å². The fraction of sp³-hybridized carbons (Fsp3) is 0.545. The molecule has 1 aromatic rings. The minimum absolute atomic E-state index is 0.0513. The molecular formula is C11H12BrNS. The van der Waals surface area contributed by atoms with Gasteiger partial charge >= 0.3 is 0 Å². The quantitative estimate of drug-likeness (QED) is 0.792. The molecule has 14 heavy (non-hydrogen) atoms. The Kier molecular flexibility index (Phi) is 2.94. The zero-order chi connectivity index (χ0) is 10.0. The molecule has 0 saturated heterocycles. The topological polar surface area (TPSA) is 23.8 Å². The van der Waals surface area contributed by atoms with E-state index in [4.69, 9.17) is 0 Å². The van der Waals surface area contributed by atoms with Gasteiger partial charge in [0, 0.05) is 21.2 Å². The SMILES string of the molecule is N#CC1(Cc2cc(Br)cs2)CCCC1. The average Bonchev–Trinajstić information content (AvgIpc) is 2.77. The molecule has 0 aliphatic heterocycles. The molecule has 1 saturated carbocycles. The van der Waals surface area contributed by atoms with Gasteiger partial charge in [0.25, 0.3) is 0 Å². The molecule has 3 heteroatoms. The van der Waals surface area contributed by atoms with Crippen LogP contribution in [0.25, 0.3) is 0 Å². The number of thiophene rings is 1. The van der Waals surface area contributed by atoms with Gasteiger partial charge in [0.1, 0.15) is 0 Å². The summed E-state index contributed by atoms with van der Waals surface area (Å²) in [6.07, 6.45) is 5.55. The number of nitriles is 1. The van der Waals surface area contributed by atoms with E-state index in [2.05, 4.69) is 33.4 Å². The van der Waals surface area contributed by atoms with Crippen molar-refractivity contribution in [2.24, 2.45) is 5.41 Å². The number of rotatable bonds is 2. The van der Waals surface area contributed by atoms with Crippen LogP contribution in [-0.4, -0.2) is 0 Å². The Labute approximate surface area is 96.9 Å². The first kappa shape index (κ1) is 10.2. The van der Waals surface area contributed by atoms with Gasteiger partial charge in [-0.15, -0.1) is 11.3 Å². The van der Waals surface area contributed by atoms with E-state index in [1.54, 1.807) is 11.3 Å². The Morgan fingerprint density at radius 1 is 1.50 bits per heavy atom. The molecule has 0 radical (unpaired) electrons. The van der Waals surface area contributed by atoms with Gasteiger partial charge in [0.15, 0.2) is 0 Å². The highest BCUT2D eigenvalue weighted by Gasteiger charge is 2.34. The summed E-state index contributed by atoms with van der Waals surface area (Å²) < 4.78 is 1.14. The Morgan fingerprint density at radius 3 is 2.71 bits per heavy atom. The molecule has 1 heterocycles. The van der Waals surface area contributed by atoms with Crippen LogP contribution < -0.4 is 0 Å². The van der Waals surface area contributed by atoms with E-state index in [9.17, 15) is 5.26 Å². The maximum atomic E-state index is 9.23. The Bertz CT molecular complexity index is 358. The van der Waals surface area contributed by atoms with Crippen LogP contribution in [0.15, 0.2) is 15.9 Å². The van der Waals surface area contributed by atoms with Crippen LogP contribution in [0.3, 0.4) is 0 Å². The van der Waals surface area contributed by atoms with Crippen molar-refractivity contribution >= 4 is 27.3 Å². The van der Waals surface area contributed by atoms with Crippen LogP contribution in [0.5, 0.6) is 0 Å². The van der Waals surface area contributed by atoms with Crippen LogP contribution in [0.2, 0.25) is 0 Å². The van der Waals surface area contributed by atoms with Gasteiger partial charge in [-0.05, 0) is 34.8 Å². The molecule has 1 fully saturated rings. The van der Waals surface area contributed by atoms with E-state index in [1.165, 1.54) is 17.7 Å². The van der Waals surface area contributed by atoms with Crippen LogP contribution in [0.1, 0.15) is 30.6 Å². The Hall–Kier alpha value is -0.330. The summed E-state index contributed by atoms with van der Waals surface area (Å²) in [7, 11) is 0. The zero-order valence-electron chi connectivity index (χ0n) is 7.92. The maximum absolute atomic E-state index is 9.23. The van der Waals surface area contributed by atoms with Crippen molar-refractivity contribution in [2.75, 3.05) is 0 Å². The largest absolute Gasteiger partial charge is 0.198 e. The third-order valence-corrected chi connectivity index (χ3v) is 4.63. The molecule has 1 nitrogen and oxygen atoms in total. The van der Waals surface area contributed by atoms with Crippen LogP contribution in [-0.2, 0) is 6.42 Å². The minimum atomic E-state index is -0.0513. The van der Waals surface area contributed by atoms with Crippen molar-refractivity contribution in [1.29, 1.82) is 5.26 Å². The number of hydrogen-bond acceptors (Lipinski definition) is 2. The van der Waals surface area contributed by atoms with Gasteiger partial charge in [0.05, 0.1) is 11.5 Å². The van der Waals surface area contributed by atoms with Gasteiger partial charge in [-0.2, -0.15) is 5.26 Å². The molecule has 0 atom stereocenters. The fourth-order valence-electron chi connectivity index (χ4n) is 2.16. The third-order valence-electron chi connectivity index (χ3n) is 2.93. The summed E-state index contributed by atoms with van der Waals surface area (Å²) in [6, 6.07) is 4.67. The lowest BCUT2D eigenvalue weighted by Gasteiger charge is -2.18. The van der Waals surface area contributed by atoms with Crippen molar-refractivity contribution in [3.63, 3.8) is 0 Å². The lowest BCUT2D eigenvalue weighted by atomic mass is 9.84. The molecule has 0 amide bonds. The zero-order valence-corrected chi connectivity index (χ0v) is 10.3. The van der Waals surface area contributed by atoms with Crippen molar-refractivity contribution in [3.05, 3.63) is 20.8 Å². The summed E-state index contributed by atoms with van der Waals surface area (Å²) >= 11 is 5.20. The smallest absolute Gasteiger partial charge is 0.0693 e. The lowest BCUT2D eigenvalue weighted by Crippen LogP contribution is -2.16. The van der Waals surface area contributed by atoms with E-state index in [0.717, 1.165) is 23.7 Å². The molecule has 0 unspecified atom stereocenters. The van der Waals surface area contributed by atoms with Crippen LogP contribution in [0, 0.1) is 16.7 Å². The molecular weight excluding hydrogens is 258 g/mol. The van der Waals surface area contributed by atoms with Gasteiger partial charge < -0.3 is 0 Å². The molecule has 1 aromatic heterocycles. The molecule has 0 bridgehead atoms. The van der Waals surface area contributed by atoms with Crippen molar-refractivity contribution in [1.82, 2.24) is 0 Å². The first-order chi connectivity index (χ1) is 6.74. The van der Waals surface area contributed by atoms with E-state index < -0.39 is 0 Å². The van der Waals surface area contributed by atoms with Crippen LogP contribution in [0.4, 0.5) is 0 Å². The van der Waals surface area contributed by atoms with Crippen molar-refractivity contribution < 1.29 is 0 Å². The van der Waals surface area contributed by atoms with E-state index in [-0.39, 0.29) is 5.41 Å². The Balaban J connectivity index is 2.13. The number of nitrogens with zero attached hydrogens (tertiary/aromatic N) is 1. The van der Waals surface area contributed by atoms with Gasteiger partial charge in [-0.1, -0.05) is 12.8 Å². The van der Waals surface area contributed by atoms with Crippen molar-refractivity contribution in [3.8, 4) is 6.07 Å². The summed E-state index contributed by atoms with van der Waals surface area (Å²) in [4.78, 5) is 1.33. The number of hydrogen-bond donors (Lipinski definition) is 0. The lowest BCUT2D eigenvalue weighted by molar-refractivity contribution is 0.411. The molecule has 1 aliphatic rings. The molecule has 74 valence electrons. The second kappa shape index (κ2) is 4.04. The average molecular weight is 270 g/mol. The second-order valence-corrected chi connectivity index (χ2v) is 5.92. The third kappa shape index (κ3) is 2.02. The van der Waals surface area contributed by atoms with E-state index in [0.29, 0.717) is 0 Å². The molecule has 2 rings (SSSR count). The maximum Gasteiger partial charge on any atom is 0.0693 e. The monoisotopic (exact) mass is 269 g/mol. The normalized spacial score (nSPS) is 19.4. The summed E-state index contributed by atoms with van der Waals surface area (Å²) in [6.45, 7) is 0. The summed E-state index contributed by atoms with van der Waals surface area (Å²) in [5, 5.41) is 11.3. The molecule has 1 aliphatic carbocycles. The fourth-order valence-corrected chi connectivity index (χ4v) is 3.75. The number of halogens is 1. The van der Waals surface area contributed by atoms with Gasteiger partial charge in [-0.25, -0.2) is 0 Å². The standard InChI is InChI=1S/C11H12BrNS/c12-9-5-10(14-7-9)6-11(8-13)3-1-2-4-11/h5,7H,1-4,6H2. The molecule has 0 aromatic carbocycles. The molecule has 0 N–H and O–H groups in total. The highest BCUT2D eigenvalue weighted by molar-refractivity contribution is 9.10. The summed E-state index contributed by atoms with van der Waals surface area (Å²) in [5.41, 5.74) is -0.0513. The predicted molar refractivity (Wildman–Crippen MR) is 62.2 cm³/mol. The minimum Gasteiger partial charge on any atom is -0.198 e. The first-order valence-electron chi connectivity index (χ1n) is 4.88. The van der Waals surface area contributed by atoms with Crippen molar-refractivity contribution in [2.45, 2.75) is 32.1 Å². The van der Waals surface area contributed by atoms with Gasteiger partial charge in [0.2, 0.25) is 0 Å². The van der Waals surface area contributed by atoms with Crippen LogP contribution >= 0.6 is 27.3 Å². The van der Waals surface area contributed by atoms with E-state index >= 15 is 0 Å². The van der Waals surface area contributed by atoms with E-state index in [1.807, 2.05) is 0 Å². The Morgan fingerprint density at radius 2 is 2.21 bits per heavy atom. The highest BCUT2D eigenvalue weighted by atomic mass is 79.9. The highest BCUT2D eigenvalue weighted by Crippen LogP contribution is 2.41. The second-order valence-electron chi connectivity index (χ2n) is 4.01. The predicted octanol–water partition coefficient (Wildman–Crippen LogP) is 4.14. The summed E-state index contributed by atoms with van der Waals surface area (Å²) in [5.74, 6) is 0.